The zero-order valence-corrected chi connectivity index (χ0v) is 7.81. The van der Waals surface area contributed by atoms with Gasteiger partial charge in [0.25, 0.3) is 0 Å². The summed E-state index contributed by atoms with van der Waals surface area (Å²) in [6, 6.07) is 7.81. The Hall–Kier alpha value is -1.83. The Morgan fingerprint density at radius 2 is 2.14 bits per heavy atom. The lowest BCUT2D eigenvalue weighted by Gasteiger charge is -1.99. The van der Waals surface area contributed by atoms with Crippen LogP contribution in [0, 0.1) is 0 Å². The van der Waals surface area contributed by atoms with Gasteiger partial charge in [-0.25, -0.2) is 0 Å². The lowest BCUT2D eigenvalue weighted by atomic mass is 10.1. The van der Waals surface area contributed by atoms with Gasteiger partial charge in [-0.05, 0) is 18.2 Å². The molecule has 14 heavy (non-hydrogen) atoms. The Kier molecular flexibility index (Phi) is 2.45. The summed E-state index contributed by atoms with van der Waals surface area (Å²) >= 11 is 0. The summed E-state index contributed by atoms with van der Waals surface area (Å²) in [5.41, 5.74) is 1.94. The Morgan fingerprint density at radius 1 is 1.29 bits per heavy atom. The van der Waals surface area contributed by atoms with Crippen LogP contribution in [0.15, 0.2) is 48.2 Å². The summed E-state index contributed by atoms with van der Waals surface area (Å²) < 4.78 is 0. The molecule has 0 fully saturated rings. The molecule has 2 heteroatoms. The second-order valence-corrected chi connectivity index (χ2v) is 3.04. The average molecular weight is 185 g/mol. The van der Waals surface area contributed by atoms with Crippen molar-refractivity contribution in [1.29, 1.82) is 0 Å². The highest BCUT2D eigenvalue weighted by atomic mass is 16.6. The van der Waals surface area contributed by atoms with Gasteiger partial charge in [-0.2, -0.15) is 0 Å². The van der Waals surface area contributed by atoms with Gasteiger partial charge in [-0.3, -0.25) is 0 Å². The SMILES string of the molecule is C=CCC1=NOc2ccccc2C=C1. The maximum Gasteiger partial charge on any atom is 0.165 e. The molecular weight excluding hydrogens is 174 g/mol. The van der Waals surface area contributed by atoms with Gasteiger partial charge in [0.15, 0.2) is 5.75 Å². The van der Waals surface area contributed by atoms with Crippen LogP contribution in [0.2, 0.25) is 0 Å². The molecule has 0 aliphatic carbocycles. The van der Waals surface area contributed by atoms with Crippen LogP contribution < -0.4 is 4.84 Å². The van der Waals surface area contributed by atoms with Crippen molar-refractivity contribution >= 4 is 11.8 Å². The van der Waals surface area contributed by atoms with Crippen molar-refractivity contribution in [2.75, 3.05) is 0 Å². The third-order valence-electron chi connectivity index (χ3n) is 1.99. The van der Waals surface area contributed by atoms with Crippen LogP contribution in [0.4, 0.5) is 0 Å². The summed E-state index contributed by atoms with van der Waals surface area (Å²) in [7, 11) is 0. The normalized spacial score (nSPS) is 13.6. The average Bonchev–Trinajstić information content (AvgIpc) is 2.42. The molecule has 2 rings (SSSR count). The van der Waals surface area contributed by atoms with Crippen molar-refractivity contribution in [1.82, 2.24) is 0 Å². The third-order valence-corrected chi connectivity index (χ3v) is 1.99. The molecule has 70 valence electrons. The monoisotopic (exact) mass is 185 g/mol. The van der Waals surface area contributed by atoms with E-state index in [0.29, 0.717) is 0 Å². The first-order chi connectivity index (χ1) is 6.90. The maximum atomic E-state index is 5.29. The first-order valence-corrected chi connectivity index (χ1v) is 4.52. The topological polar surface area (TPSA) is 21.6 Å². The van der Waals surface area contributed by atoms with Crippen molar-refractivity contribution in [3.8, 4) is 5.75 Å². The second kappa shape index (κ2) is 3.92. The molecule has 1 aliphatic heterocycles. The number of hydrogen-bond donors (Lipinski definition) is 0. The van der Waals surface area contributed by atoms with Gasteiger partial charge >= 0.3 is 0 Å². The third kappa shape index (κ3) is 1.74. The summed E-state index contributed by atoms with van der Waals surface area (Å²) in [4.78, 5) is 5.29. The van der Waals surface area contributed by atoms with Crippen LogP contribution in [-0.4, -0.2) is 5.71 Å². The Balaban J connectivity index is 2.31. The lowest BCUT2D eigenvalue weighted by Crippen LogP contribution is -1.92. The van der Waals surface area contributed by atoms with E-state index in [1.807, 2.05) is 42.5 Å². The van der Waals surface area contributed by atoms with Crippen LogP contribution in [0.3, 0.4) is 0 Å². The number of oxime groups is 1. The lowest BCUT2D eigenvalue weighted by molar-refractivity contribution is 0.341. The van der Waals surface area contributed by atoms with Gasteiger partial charge in [0.2, 0.25) is 0 Å². The predicted molar refractivity (Wildman–Crippen MR) is 58.4 cm³/mol. The van der Waals surface area contributed by atoms with Gasteiger partial charge in [-0.1, -0.05) is 29.4 Å². The number of nitrogens with zero attached hydrogens (tertiary/aromatic N) is 1. The van der Waals surface area contributed by atoms with Crippen molar-refractivity contribution in [2.45, 2.75) is 6.42 Å². The minimum absolute atomic E-state index is 0.727. The molecule has 0 unspecified atom stereocenters. The molecular formula is C12H11NO. The number of hydrogen-bond acceptors (Lipinski definition) is 2. The van der Waals surface area contributed by atoms with Crippen molar-refractivity contribution < 1.29 is 4.84 Å². The van der Waals surface area contributed by atoms with Crippen LogP contribution in [0.5, 0.6) is 5.75 Å². The molecule has 1 aromatic rings. The molecule has 0 radical (unpaired) electrons. The molecule has 0 aromatic heterocycles. The van der Waals surface area contributed by atoms with Crippen LogP contribution in [0.25, 0.3) is 6.08 Å². The molecule has 0 spiro atoms. The van der Waals surface area contributed by atoms with E-state index >= 15 is 0 Å². The standard InChI is InChI=1S/C12H11NO/c1-2-5-11-9-8-10-6-3-4-7-12(10)14-13-11/h2-4,6-9H,1,5H2. The molecule has 0 saturated heterocycles. The highest BCUT2D eigenvalue weighted by Gasteiger charge is 2.04. The zero-order valence-electron chi connectivity index (χ0n) is 7.81. The summed E-state index contributed by atoms with van der Waals surface area (Å²) in [5.74, 6) is 0.794. The zero-order chi connectivity index (χ0) is 9.80. The Bertz CT molecular complexity index is 405. The van der Waals surface area contributed by atoms with Crippen LogP contribution >= 0.6 is 0 Å². The Morgan fingerprint density at radius 3 is 3.00 bits per heavy atom. The number of fused-ring (bicyclic) bond motifs is 1. The summed E-state index contributed by atoms with van der Waals surface area (Å²) in [6.07, 6.45) is 6.49. The fourth-order valence-corrected chi connectivity index (χ4v) is 1.28. The fraction of sp³-hybridized carbons (Fsp3) is 0.0833. The first-order valence-electron chi connectivity index (χ1n) is 4.52. The number of allylic oxidation sites excluding steroid dienone is 2. The second-order valence-electron chi connectivity index (χ2n) is 3.04. The molecule has 1 aliphatic rings. The molecule has 1 aromatic carbocycles. The van der Waals surface area contributed by atoms with E-state index in [9.17, 15) is 0 Å². The fourth-order valence-electron chi connectivity index (χ4n) is 1.28. The van der Waals surface area contributed by atoms with E-state index in [1.54, 1.807) is 0 Å². The Labute approximate surface area is 83.2 Å². The van der Waals surface area contributed by atoms with Crippen molar-refractivity contribution in [2.24, 2.45) is 5.16 Å². The summed E-state index contributed by atoms with van der Waals surface area (Å²) in [6.45, 7) is 3.66. The van der Waals surface area contributed by atoms with E-state index in [4.69, 9.17) is 4.84 Å². The van der Waals surface area contributed by atoms with Gasteiger partial charge in [0, 0.05) is 12.0 Å². The number of rotatable bonds is 2. The highest BCUT2D eigenvalue weighted by molar-refractivity contribution is 5.99. The van der Waals surface area contributed by atoms with Gasteiger partial charge in [0.1, 0.15) is 0 Å². The van der Waals surface area contributed by atoms with E-state index in [2.05, 4.69) is 11.7 Å². The number of para-hydroxylation sites is 1. The van der Waals surface area contributed by atoms with E-state index < -0.39 is 0 Å². The minimum atomic E-state index is 0.727. The molecule has 0 N–H and O–H groups in total. The largest absolute Gasteiger partial charge is 0.356 e. The van der Waals surface area contributed by atoms with E-state index in [1.165, 1.54) is 0 Å². The first kappa shape index (κ1) is 8.75. The molecule has 0 atom stereocenters. The highest BCUT2D eigenvalue weighted by Crippen LogP contribution is 2.21. The van der Waals surface area contributed by atoms with E-state index in [-0.39, 0.29) is 0 Å². The molecule has 0 amide bonds. The minimum Gasteiger partial charge on any atom is -0.356 e. The van der Waals surface area contributed by atoms with Gasteiger partial charge < -0.3 is 4.84 Å². The smallest absolute Gasteiger partial charge is 0.165 e. The summed E-state index contributed by atoms with van der Waals surface area (Å²) in [5, 5.41) is 4.01. The quantitative estimate of drug-likeness (QED) is 0.649. The molecule has 2 nitrogen and oxygen atoms in total. The maximum absolute atomic E-state index is 5.29. The predicted octanol–water partition coefficient (Wildman–Crippen LogP) is 3.02. The van der Waals surface area contributed by atoms with Gasteiger partial charge in [0.05, 0.1) is 5.71 Å². The van der Waals surface area contributed by atoms with Gasteiger partial charge in [-0.15, -0.1) is 6.58 Å². The molecule has 0 saturated carbocycles. The van der Waals surface area contributed by atoms with Crippen molar-refractivity contribution in [3.63, 3.8) is 0 Å². The van der Waals surface area contributed by atoms with E-state index in [0.717, 1.165) is 23.4 Å². The van der Waals surface area contributed by atoms with Crippen molar-refractivity contribution in [3.05, 3.63) is 48.6 Å². The molecule has 1 heterocycles. The molecule has 0 bridgehead atoms. The van der Waals surface area contributed by atoms with Crippen LogP contribution in [-0.2, 0) is 0 Å². The number of benzene rings is 1. The van der Waals surface area contributed by atoms with Crippen LogP contribution in [0.1, 0.15) is 12.0 Å².